The maximum Gasteiger partial charge on any atom is 0.472 e. The van der Waals surface area contributed by atoms with Crippen molar-refractivity contribution >= 4 is 19.6 Å². The number of phosphoric ester groups is 1. The quantitative estimate of drug-likeness (QED) is 0.315. The minimum atomic E-state index is -4.70. The molecule has 13 nitrogen and oxygen atoms in total. The number of nitrogens with two attached hydrogens (primary N) is 1. The van der Waals surface area contributed by atoms with E-state index < -0.39 is 57.2 Å². The van der Waals surface area contributed by atoms with Crippen LogP contribution in [0.1, 0.15) is 6.23 Å². The molecule has 2 heterocycles. The number of carbonyl (C=O) groups is 1. The van der Waals surface area contributed by atoms with E-state index in [0.717, 1.165) is 4.57 Å². The SMILES string of the molecule is Nc1ccn(C2OC(COP(=O)(O)OCC(=O)O)C(O)C2O)c(=O)n1. The van der Waals surface area contributed by atoms with E-state index in [4.69, 9.17) is 15.6 Å². The Balaban J connectivity index is 2.03. The van der Waals surface area contributed by atoms with Crippen molar-refractivity contribution < 1.29 is 43.4 Å². The van der Waals surface area contributed by atoms with Gasteiger partial charge < -0.3 is 30.7 Å². The molecule has 1 aliphatic heterocycles. The second-order valence-electron chi connectivity index (χ2n) is 5.02. The van der Waals surface area contributed by atoms with E-state index in [0.29, 0.717) is 0 Å². The first-order valence-corrected chi connectivity index (χ1v) is 8.30. The van der Waals surface area contributed by atoms with Gasteiger partial charge in [-0.1, -0.05) is 0 Å². The molecule has 1 aliphatic rings. The Kier molecular flexibility index (Phi) is 5.90. The number of aliphatic hydroxyl groups is 2. The number of aliphatic carboxylic acids is 1. The topological polar surface area (TPSA) is 204 Å². The van der Waals surface area contributed by atoms with Crippen LogP contribution in [0.5, 0.6) is 0 Å². The van der Waals surface area contributed by atoms with E-state index in [1.54, 1.807) is 0 Å². The Hall–Kier alpha value is -1.86. The van der Waals surface area contributed by atoms with Gasteiger partial charge in [-0.3, -0.25) is 13.6 Å². The predicted molar refractivity (Wildman–Crippen MR) is 78.2 cm³/mol. The third-order valence-corrected chi connectivity index (χ3v) is 4.15. The molecule has 5 atom stereocenters. The summed E-state index contributed by atoms with van der Waals surface area (Å²) in [7, 11) is -4.70. The van der Waals surface area contributed by atoms with Crippen LogP contribution >= 0.6 is 7.82 Å². The molecule has 25 heavy (non-hydrogen) atoms. The molecule has 0 amide bonds. The lowest BCUT2D eigenvalue weighted by molar-refractivity contribution is -0.140. The van der Waals surface area contributed by atoms with Crippen LogP contribution < -0.4 is 11.4 Å². The molecule has 140 valence electrons. The number of rotatable bonds is 7. The van der Waals surface area contributed by atoms with Crippen LogP contribution in [-0.2, 0) is 23.1 Å². The molecule has 5 unspecified atom stereocenters. The molecule has 1 aromatic rings. The number of hydrogen-bond acceptors (Lipinski definition) is 10. The van der Waals surface area contributed by atoms with E-state index in [-0.39, 0.29) is 5.82 Å². The number of nitrogen functional groups attached to an aromatic ring is 1. The third-order valence-electron chi connectivity index (χ3n) is 3.22. The minimum Gasteiger partial charge on any atom is -0.480 e. The summed E-state index contributed by atoms with van der Waals surface area (Å²) in [5.41, 5.74) is 4.51. The first-order chi connectivity index (χ1) is 11.6. The summed E-state index contributed by atoms with van der Waals surface area (Å²) in [4.78, 5) is 34.8. The van der Waals surface area contributed by atoms with Crippen LogP contribution in [0.4, 0.5) is 5.82 Å². The van der Waals surface area contributed by atoms with Gasteiger partial charge in [-0.15, -0.1) is 0 Å². The summed E-state index contributed by atoms with van der Waals surface area (Å²) in [5, 5.41) is 28.3. The molecule has 1 saturated heterocycles. The highest BCUT2D eigenvalue weighted by atomic mass is 31.2. The van der Waals surface area contributed by atoms with Crippen molar-refractivity contribution in [2.24, 2.45) is 0 Å². The molecule has 0 radical (unpaired) electrons. The average molecular weight is 381 g/mol. The van der Waals surface area contributed by atoms with E-state index in [2.05, 4.69) is 14.0 Å². The summed E-state index contributed by atoms with van der Waals surface area (Å²) in [6.45, 7) is -1.78. The number of carboxylic acid groups (broad SMARTS) is 1. The Bertz CT molecular complexity index is 739. The average Bonchev–Trinajstić information content (AvgIpc) is 2.80. The lowest BCUT2D eigenvalue weighted by Gasteiger charge is -2.17. The Labute approximate surface area is 139 Å². The molecule has 14 heteroatoms. The molecule has 1 aromatic heterocycles. The largest absolute Gasteiger partial charge is 0.480 e. The van der Waals surface area contributed by atoms with E-state index in [9.17, 15) is 29.3 Å². The first-order valence-electron chi connectivity index (χ1n) is 6.80. The number of hydrogen-bond donors (Lipinski definition) is 5. The van der Waals surface area contributed by atoms with Crippen molar-refractivity contribution in [1.82, 2.24) is 9.55 Å². The molecular formula is C11H16N3O10P. The molecule has 0 aliphatic carbocycles. The van der Waals surface area contributed by atoms with Gasteiger partial charge in [0.2, 0.25) is 0 Å². The number of carboxylic acids is 1. The lowest BCUT2D eigenvalue weighted by atomic mass is 10.1. The normalized spacial score (nSPS) is 28.6. The summed E-state index contributed by atoms with van der Waals surface area (Å²) in [6.07, 6.45) is -4.55. The summed E-state index contributed by atoms with van der Waals surface area (Å²) < 4.78 is 26.3. The smallest absolute Gasteiger partial charge is 0.472 e. The van der Waals surface area contributed by atoms with Crippen LogP contribution in [0.15, 0.2) is 17.1 Å². The van der Waals surface area contributed by atoms with Crippen LogP contribution in [-0.4, -0.2) is 67.3 Å². The number of nitrogens with zero attached hydrogens (tertiary/aromatic N) is 2. The number of aliphatic hydroxyl groups excluding tert-OH is 2. The van der Waals surface area contributed by atoms with Crippen molar-refractivity contribution in [3.8, 4) is 0 Å². The maximum atomic E-state index is 11.8. The summed E-state index contributed by atoms with van der Waals surface area (Å²) >= 11 is 0. The van der Waals surface area contributed by atoms with Gasteiger partial charge in [0.25, 0.3) is 0 Å². The number of anilines is 1. The van der Waals surface area contributed by atoms with Crippen molar-refractivity contribution in [2.75, 3.05) is 18.9 Å². The van der Waals surface area contributed by atoms with Crippen LogP contribution in [0.25, 0.3) is 0 Å². The highest BCUT2D eigenvalue weighted by Crippen LogP contribution is 2.44. The number of ether oxygens (including phenoxy) is 1. The lowest BCUT2D eigenvalue weighted by Crippen LogP contribution is -2.36. The highest BCUT2D eigenvalue weighted by Gasteiger charge is 2.45. The van der Waals surface area contributed by atoms with Gasteiger partial charge in [0.05, 0.1) is 6.61 Å². The maximum absolute atomic E-state index is 11.8. The van der Waals surface area contributed by atoms with Gasteiger partial charge in [0, 0.05) is 6.20 Å². The van der Waals surface area contributed by atoms with Crippen molar-refractivity contribution in [3.63, 3.8) is 0 Å². The summed E-state index contributed by atoms with van der Waals surface area (Å²) in [6, 6.07) is 1.27. The second-order valence-corrected chi connectivity index (χ2v) is 6.47. The third kappa shape index (κ3) is 4.83. The van der Waals surface area contributed by atoms with Gasteiger partial charge in [0.1, 0.15) is 24.1 Å². The van der Waals surface area contributed by atoms with Crippen LogP contribution in [0.3, 0.4) is 0 Å². The first kappa shape index (κ1) is 19.5. The standard InChI is InChI=1S/C11H16N3O10P/c12-6-1-2-14(11(19)13-6)10-9(18)8(17)5(24-10)3-22-25(20,21)23-4-7(15)16/h1-2,5,8-10,17-18H,3-4H2,(H,15,16)(H,20,21)(H2,12,13,19). The predicted octanol–water partition coefficient (Wildman–Crippen LogP) is -2.34. The molecule has 6 N–H and O–H groups in total. The van der Waals surface area contributed by atoms with E-state index >= 15 is 0 Å². The molecule has 0 spiro atoms. The van der Waals surface area contributed by atoms with Gasteiger partial charge in [-0.2, -0.15) is 4.98 Å². The molecule has 0 saturated carbocycles. The molecule has 0 aromatic carbocycles. The fourth-order valence-electron chi connectivity index (χ4n) is 2.06. The number of phosphoric acid groups is 1. The monoisotopic (exact) mass is 381 g/mol. The van der Waals surface area contributed by atoms with Crippen molar-refractivity contribution in [2.45, 2.75) is 24.5 Å². The van der Waals surface area contributed by atoms with E-state index in [1.807, 2.05) is 0 Å². The Morgan fingerprint density at radius 1 is 1.40 bits per heavy atom. The number of aromatic nitrogens is 2. The molecular weight excluding hydrogens is 365 g/mol. The zero-order valence-corrected chi connectivity index (χ0v) is 13.4. The molecule has 2 rings (SSSR count). The van der Waals surface area contributed by atoms with E-state index in [1.165, 1.54) is 12.3 Å². The second kappa shape index (κ2) is 7.58. The van der Waals surface area contributed by atoms with Gasteiger partial charge in [-0.05, 0) is 6.07 Å². The summed E-state index contributed by atoms with van der Waals surface area (Å²) in [5.74, 6) is -1.54. The zero-order chi connectivity index (χ0) is 18.8. The van der Waals surface area contributed by atoms with Crippen molar-refractivity contribution in [3.05, 3.63) is 22.7 Å². The van der Waals surface area contributed by atoms with Crippen LogP contribution in [0.2, 0.25) is 0 Å². The minimum absolute atomic E-state index is 0.0500. The highest BCUT2D eigenvalue weighted by molar-refractivity contribution is 7.47. The zero-order valence-electron chi connectivity index (χ0n) is 12.5. The van der Waals surface area contributed by atoms with Gasteiger partial charge >= 0.3 is 19.5 Å². The Morgan fingerprint density at radius 3 is 2.68 bits per heavy atom. The fourth-order valence-corrected chi connectivity index (χ4v) is 2.74. The van der Waals surface area contributed by atoms with Crippen LogP contribution in [0, 0.1) is 0 Å². The van der Waals surface area contributed by atoms with Crippen molar-refractivity contribution in [1.29, 1.82) is 0 Å². The molecule has 0 bridgehead atoms. The Morgan fingerprint density at radius 2 is 2.08 bits per heavy atom. The van der Waals surface area contributed by atoms with Gasteiger partial charge in [0.15, 0.2) is 12.8 Å². The fraction of sp³-hybridized carbons (Fsp3) is 0.545. The molecule has 1 fully saturated rings. The van der Waals surface area contributed by atoms with Gasteiger partial charge in [-0.25, -0.2) is 14.2 Å².